The molecule has 0 aromatic rings. The lowest BCUT2D eigenvalue weighted by molar-refractivity contribution is -0.336. The van der Waals surface area contributed by atoms with E-state index in [0.717, 1.165) is 0 Å². The molecule has 14 atom stereocenters. The zero-order chi connectivity index (χ0) is 31.5. The Morgan fingerprint density at radius 1 is 0.810 bits per heavy atom. The number of halogens is 1. The Morgan fingerprint density at radius 3 is 1.74 bits per heavy atom. The molecule has 2 heterocycles. The lowest BCUT2D eigenvalue weighted by Crippen LogP contribution is -2.77. The van der Waals surface area contributed by atoms with Crippen LogP contribution in [0.1, 0.15) is 40.0 Å². The number of ether oxygens (including phenoxy) is 4. The van der Waals surface area contributed by atoms with Gasteiger partial charge in [0.05, 0.1) is 19.8 Å². The van der Waals surface area contributed by atoms with Crippen LogP contribution in [0.5, 0.6) is 0 Å². The predicted molar refractivity (Wildman–Crippen MR) is 141 cm³/mol. The van der Waals surface area contributed by atoms with Gasteiger partial charge in [0, 0.05) is 6.42 Å². The second-order valence-electron chi connectivity index (χ2n) is 10.4. The first kappa shape index (κ1) is 39.3. The smallest absolute Gasteiger partial charge is 0.205 e. The van der Waals surface area contributed by atoms with E-state index in [1.54, 1.807) is 0 Å². The van der Waals surface area contributed by atoms with Crippen LogP contribution in [0.4, 0.5) is 0 Å². The first-order valence-corrected chi connectivity index (χ1v) is 13.4. The SMILES string of the molecule is CCC(=O)[C@](N)(O)[C@](O)(CC)[C@@](O)(CC)[C@H](O)CO[C@H]1O[C@H](CO[C@H]2O[C@H](CO)[C@@H](O)[C@H](O)[C@H]2O)[C@@H](O)[C@H](O)[C@H]1O.Cl. The van der Waals surface area contributed by atoms with Crippen molar-refractivity contribution in [2.45, 2.75) is 124 Å². The average Bonchev–Trinajstić information content (AvgIpc) is 2.96. The number of ketones is 1. The van der Waals surface area contributed by atoms with E-state index in [1.165, 1.54) is 20.8 Å². The zero-order valence-electron chi connectivity index (χ0n) is 23.5. The van der Waals surface area contributed by atoms with E-state index in [1.807, 2.05) is 0 Å². The van der Waals surface area contributed by atoms with E-state index in [2.05, 4.69) is 0 Å². The van der Waals surface area contributed by atoms with Gasteiger partial charge in [-0.2, -0.15) is 0 Å². The molecule has 0 radical (unpaired) electrons. The van der Waals surface area contributed by atoms with Crippen LogP contribution in [0.15, 0.2) is 0 Å². The van der Waals surface area contributed by atoms with Gasteiger partial charge in [-0.05, 0) is 12.8 Å². The molecule has 0 aliphatic carbocycles. The summed E-state index contributed by atoms with van der Waals surface area (Å²) in [7, 11) is 0. The second-order valence-corrected chi connectivity index (χ2v) is 10.4. The maximum absolute atomic E-state index is 12.3. The molecule has 18 heteroatoms. The summed E-state index contributed by atoms with van der Waals surface area (Å²) in [6.45, 7) is 1.79. The van der Waals surface area contributed by atoms with Gasteiger partial charge < -0.3 is 75.1 Å². The summed E-state index contributed by atoms with van der Waals surface area (Å²) in [6.07, 6.45) is -20.1. The highest BCUT2D eigenvalue weighted by molar-refractivity contribution is 5.87. The van der Waals surface area contributed by atoms with Gasteiger partial charge in [0.25, 0.3) is 0 Å². The predicted octanol–water partition coefficient (Wildman–Crippen LogP) is -5.68. The number of aliphatic hydroxyl groups excluding tert-OH is 8. The Kier molecular flexibility index (Phi) is 14.6. The summed E-state index contributed by atoms with van der Waals surface area (Å²) < 4.78 is 21.3. The summed E-state index contributed by atoms with van der Waals surface area (Å²) >= 11 is 0. The first-order chi connectivity index (χ1) is 19.0. The lowest BCUT2D eigenvalue weighted by Gasteiger charge is -2.51. The van der Waals surface area contributed by atoms with E-state index in [4.69, 9.17) is 24.7 Å². The van der Waals surface area contributed by atoms with Gasteiger partial charge in [-0.15, -0.1) is 12.4 Å². The Bertz CT molecular complexity index is 855. The molecule has 42 heavy (non-hydrogen) atoms. The van der Waals surface area contributed by atoms with E-state index < -0.39 is 123 Å². The molecule has 2 saturated heterocycles. The van der Waals surface area contributed by atoms with Gasteiger partial charge in [-0.1, -0.05) is 20.8 Å². The van der Waals surface area contributed by atoms with Crippen molar-refractivity contribution in [3.8, 4) is 0 Å². The first-order valence-electron chi connectivity index (χ1n) is 13.4. The third kappa shape index (κ3) is 7.24. The maximum Gasteiger partial charge on any atom is 0.205 e. The average molecular weight is 640 g/mol. The van der Waals surface area contributed by atoms with Crippen molar-refractivity contribution in [1.29, 1.82) is 0 Å². The Hall–Kier alpha value is -0.680. The maximum atomic E-state index is 12.3. The summed E-state index contributed by atoms with van der Waals surface area (Å²) in [5.41, 5.74) is -2.60. The van der Waals surface area contributed by atoms with Crippen LogP contribution in [0, 0.1) is 0 Å². The van der Waals surface area contributed by atoms with Gasteiger partial charge in [0.1, 0.15) is 66.1 Å². The minimum Gasteiger partial charge on any atom is -0.394 e. The molecule has 0 aromatic heterocycles. The fourth-order valence-electron chi connectivity index (χ4n) is 5.12. The van der Waals surface area contributed by atoms with Gasteiger partial charge in [0.15, 0.2) is 18.4 Å². The van der Waals surface area contributed by atoms with Crippen LogP contribution in [0.25, 0.3) is 0 Å². The minimum atomic E-state index is -2.96. The van der Waals surface area contributed by atoms with Gasteiger partial charge in [-0.3, -0.25) is 10.5 Å². The molecule has 2 rings (SSSR count). The van der Waals surface area contributed by atoms with E-state index in [0.29, 0.717) is 0 Å². The Labute approximate surface area is 248 Å². The highest BCUT2D eigenvalue weighted by Gasteiger charge is 2.64. The summed E-state index contributed by atoms with van der Waals surface area (Å²) in [5, 5.41) is 114. The van der Waals surface area contributed by atoms with Crippen molar-refractivity contribution in [2.75, 3.05) is 19.8 Å². The molecule has 2 aliphatic rings. The van der Waals surface area contributed by atoms with Crippen LogP contribution < -0.4 is 5.73 Å². The Morgan fingerprint density at radius 2 is 1.29 bits per heavy atom. The number of hydrogen-bond donors (Lipinski definition) is 12. The summed E-state index contributed by atoms with van der Waals surface area (Å²) in [6, 6.07) is 0. The van der Waals surface area contributed by atoms with Crippen molar-refractivity contribution in [3.05, 3.63) is 0 Å². The Balaban J connectivity index is 0.00000882. The van der Waals surface area contributed by atoms with Crippen molar-refractivity contribution >= 4 is 18.2 Å². The molecule has 2 fully saturated rings. The van der Waals surface area contributed by atoms with Gasteiger partial charge in [0.2, 0.25) is 5.72 Å². The number of aliphatic hydroxyl groups is 11. The molecule has 2 aliphatic heterocycles. The van der Waals surface area contributed by atoms with Crippen molar-refractivity contribution in [1.82, 2.24) is 0 Å². The number of rotatable bonds is 14. The molecule has 0 spiro atoms. The molecule has 0 unspecified atom stereocenters. The van der Waals surface area contributed by atoms with Crippen LogP contribution in [0.2, 0.25) is 0 Å². The minimum absolute atomic E-state index is 0. The standard InChI is InChI=1S/C24H45NO16.ClH/c1-4-12(27)24(25,37)23(36,6-3)22(35,5-2)13(28)9-39-21-19(34)17(32)15(30)11(41-21)8-38-20-18(33)16(31)14(29)10(7-26)40-20;/h10-11,13-21,26,28-37H,4-9,25H2,1-3H3;1H/t10-,11-,13-,14-,15-,16+,17+,18-,19-,20+,21+,22-,23+,24+;/m1./s1. The molecule has 17 nitrogen and oxygen atoms in total. The van der Waals surface area contributed by atoms with E-state index in [-0.39, 0.29) is 18.8 Å². The number of hydrogen-bond acceptors (Lipinski definition) is 17. The molecule has 0 amide bonds. The fourth-order valence-corrected chi connectivity index (χ4v) is 5.12. The summed E-state index contributed by atoms with van der Waals surface area (Å²) in [5.74, 6) is -1.01. The number of carbonyl (C=O) groups is 1. The fraction of sp³-hybridized carbons (Fsp3) is 0.958. The van der Waals surface area contributed by atoms with Crippen LogP contribution in [-0.4, -0.2) is 166 Å². The largest absolute Gasteiger partial charge is 0.394 e. The van der Waals surface area contributed by atoms with Gasteiger partial charge in [-0.25, -0.2) is 0 Å². The van der Waals surface area contributed by atoms with E-state index >= 15 is 0 Å². The van der Waals surface area contributed by atoms with Gasteiger partial charge >= 0.3 is 0 Å². The normalized spacial score (nSPS) is 38.8. The van der Waals surface area contributed by atoms with Crippen LogP contribution >= 0.6 is 12.4 Å². The number of nitrogens with two attached hydrogens (primary N) is 1. The molecule has 0 saturated carbocycles. The highest BCUT2D eigenvalue weighted by atomic mass is 35.5. The molecular formula is C24H46ClNO16. The third-order valence-corrected chi connectivity index (χ3v) is 8.05. The zero-order valence-corrected chi connectivity index (χ0v) is 24.4. The monoisotopic (exact) mass is 639 g/mol. The van der Waals surface area contributed by atoms with Crippen LogP contribution in [0.3, 0.4) is 0 Å². The van der Waals surface area contributed by atoms with Crippen molar-refractivity contribution in [2.24, 2.45) is 5.73 Å². The van der Waals surface area contributed by atoms with Crippen LogP contribution in [-0.2, 0) is 23.7 Å². The molecular weight excluding hydrogens is 594 g/mol. The second kappa shape index (κ2) is 15.5. The lowest BCUT2D eigenvalue weighted by atomic mass is 9.67. The summed E-state index contributed by atoms with van der Waals surface area (Å²) in [4.78, 5) is 12.3. The number of carbonyl (C=O) groups excluding carboxylic acids is 1. The molecule has 13 N–H and O–H groups in total. The molecule has 250 valence electrons. The molecule has 0 bridgehead atoms. The van der Waals surface area contributed by atoms with Crippen molar-refractivity contribution in [3.63, 3.8) is 0 Å². The molecule has 0 aromatic carbocycles. The van der Waals surface area contributed by atoms with E-state index in [9.17, 15) is 61.0 Å². The quantitative estimate of drug-likeness (QED) is 0.0788. The third-order valence-electron chi connectivity index (χ3n) is 8.05. The highest BCUT2D eigenvalue weighted by Crippen LogP contribution is 2.40. The topological polar surface area (TPSA) is 303 Å². The van der Waals surface area contributed by atoms with Crippen molar-refractivity contribution < 1.29 is 79.9 Å². The number of Topliss-reactive ketones (excluding diaryl/α,β-unsaturated/α-hetero) is 1.